The summed E-state index contributed by atoms with van der Waals surface area (Å²) in [7, 11) is 0. The van der Waals surface area contributed by atoms with Crippen LogP contribution in [0.4, 0.5) is 8.78 Å². The molecule has 0 unspecified atom stereocenters. The molecule has 7 heteroatoms. The number of rotatable bonds is 2. The molecule has 5 nitrogen and oxygen atoms in total. The molecule has 0 radical (unpaired) electrons. The Morgan fingerprint density at radius 1 is 1.41 bits per heavy atom. The lowest BCUT2D eigenvalue weighted by Crippen LogP contribution is -2.04. The second-order valence-electron chi connectivity index (χ2n) is 3.34. The number of nitrogens with zero attached hydrogens (tertiary/aromatic N) is 3. The zero-order valence-corrected chi connectivity index (χ0v) is 8.69. The molecule has 0 amide bonds. The molecule has 0 aliphatic rings. The van der Waals surface area contributed by atoms with Crippen molar-refractivity contribution in [2.75, 3.05) is 0 Å². The molecule has 0 aliphatic heterocycles. The van der Waals surface area contributed by atoms with Gasteiger partial charge in [-0.25, -0.2) is 18.3 Å². The molecular weight excluding hydrogens is 232 g/mol. The number of halogens is 2. The summed E-state index contributed by atoms with van der Waals surface area (Å²) in [5.41, 5.74) is -0.349. The fraction of sp³-hybridized carbons (Fsp3) is 0.100. The van der Waals surface area contributed by atoms with Gasteiger partial charge in [-0.15, -0.1) is 5.10 Å². The molecule has 0 saturated carbocycles. The Labute approximate surface area is 94.3 Å². The van der Waals surface area contributed by atoms with E-state index in [4.69, 9.17) is 5.11 Å². The zero-order chi connectivity index (χ0) is 12.6. The highest BCUT2D eigenvalue weighted by atomic mass is 19.1. The summed E-state index contributed by atoms with van der Waals surface area (Å²) in [5, 5.41) is 15.6. The summed E-state index contributed by atoms with van der Waals surface area (Å²) in [6.07, 6.45) is 0. The van der Waals surface area contributed by atoms with Gasteiger partial charge in [0.15, 0.2) is 5.69 Å². The van der Waals surface area contributed by atoms with Gasteiger partial charge in [-0.1, -0.05) is 5.21 Å². The van der Waals surface area contributed by atoms with Crippen LogP contribution in [0.1, 0.15) is 16.2 Å². The number of benzene rings is 1. The molecule has 1 N–H and O–H groups in total. The summed E-state index contributed by atoms with van der Waals surface area (Å²) < 4.78 is 27.4. The van der Waals surface area contributed by atoms with Gasteiger partial charge in [0.1, 0.15) is 17.3 Å². The molecule has 17 heavy (non-hydrogen) atoms. The maximum Gasteiger partial charge on any atom is 0.358 e. The summed E-state index contributed by atoms with van der Waals surface area (Å²) in [5.74, 6) is -2.63. The van der Waals surface area contributed by atoms with Crippen molar-refractivity contribution in [2.24, 2.45) is 0 Å². The van der Waals surface area contributed by atoms with E-state index in [1.807, 2.05) is 0 Å². The first-order valence-electron chi connectivity index (χ1n) is 4.61. The maximum absolute atomic E-state index is 13.4. The first-order chi connectivity index (χ1) is 8.00. The van der Waals surface area contributed by atoms with E-state index in [0.717, 1.165) is 22.9 Å². The fourth-order valence-electron chi connectivity index (χ4n) is 1.40. The predicted molar refractivity (Wildman–Crippen MR) is 53.0 cm³/mol. The van der Waals surface area contributed by atoms with Gasteiger partial charge < -0.3 is 5.11 Å². The van der Waals surface area contributed by atoms with Crippen molar-refractivity contribution in [1.82, 2.24) is 15.0 Å². The minimum Gasteiger partial charge on any atom is -0.476 e. The summed E-state index contributed by atoms with van der Waals surface area (Å²) in [4.78, 5) is 10.7. The number of carboxylic acids is 1. The number of hydrogen-bond donors (Lipinski definition) is 1. The van der Waals surface area contributed by atoms with E-state index in [9.17, 15) is 13.6 Å². The number of hydrogen-bond acceptors (Lipinski definition) is 3. The van der Waals surface area contributed by atoms with E-state index in [2.05, 4.69) is 10.3 Å². The number of aromatic nitrogens is 3. The minimum atomic E-state index is -1.27. The van der Waals surface area contributed by atoms with Gasteiger partial charge in [-0.05, 0) is 19.1 Å². The lowest BCUT2D eigenvalue weighted by Gasteiger charge is -2.04. The third kappa shape index (κ3) is 1.86. The third-order valence-corrected chi connectivity index (χ3v) is 2.23. The molecule has 1 aromatic heterocycles. The van der Waals surface area contributed by atoms with Crippen molar-refractivity contribution in [3.8, 4) is 5.69 Å². The van der Waals surface area contributed by atoms with Gasteiger partial charge in [-0.3, -0.25) is 0 Å². The van der Waals surface area contributed by atoms with E-state index >= 15 is 0 Å². The van der Waals surface area contributed by atoms with Gasteiger partial charge in [0.05, 0.1) is 5.69 Å². The lowest BCUT2D eigenvalue weighted by atomic mass is 10.2. The van der Waals surface area contributed by atoms with Gasteiger partial charge in [0, 0.05) is 6.07 Å². The molecule has 0 bridgehead atoms. The fourth-order valence-corrected chi connectivity index (χ4v) is 1.40. The van der Waals surface area contributed by atoms with Crippen LogP contribution in [-0.2, 0) is 0 Å². The summed E-state index contributed by atoms with van der Waals surface area (Å²) >= 11 is 0. The van der Waals surface area contributed by atoms with Crippen LogP contribution in [-0.4, -0.2) is 26.1 Å². The van der Waals surface area contributed by atoms with E-state index in [1.54, 1.807) is 0 Å². The van der Waals surface area contributed by atoms with Crippen LogP contribution in [0.25, 0.3) is 5.69 Å². The van der Waals surface area contributed by atoms with Crippen LogP contribution >= 0.6 is 0 Å². The second-order valence-corrected chi connectivity index (χ2v) is 3.34. The Kier molecular flexibility index (Phi) is 2.58. The maximum atomic E-state index is 13.4. The molecule has 88 valence electrons. The average molecular weight is 239 g/mol. The van der Waals surface area contributed by atoms with Crippen molar-refractivity contribution in [3.63, 3.8) is 0 Å². The van der Waals surface area contributed by atoms with Crippen LogP contribution in [0.2, 0.25) is 0 Å². The monoisotopic (exact) mass is 239 g/mol. The Balaban J connectivity index is 2.61. The van der Waals surface area contributed by atoms with Gasteiger partial charge >= 0.3 is 5.97 Å². The zero-order valence-electron chi connectivity index (χ0n) is 8.69. The van der Waals surface area contributed by atoms with E-state index < -0.39 is 17.6 Å². The molecular formula is C10H7F2N3O2. The van der Waals surface area contributed by atoms with E-state index in [-0.39, 0.29) is 17.1 Å². The average Bonchev–Trinajstić information content (AvgIpc) is 2.64. The van der Waals surface area contributed by atoms with Crippen LogP contribution in [0, 0.1) is 18.6 Å². The van der Waals surface area contributed by atoms with Gasteiger partial charge in [0.2, 0.25) is 0 Å². The van der Waals surface area contributed by atoms with Crippen molar-refractivity contribution >= 4 is 5.97 Å². The van der Waals surface area contributed by atoms with Crippen LogP contribution in [0.3, 0.4) is 0 Å². The number of carboxylic acid groups (broad SMARTS) is 1. The van der Waals surface area contributed by atoms with Crippen molar-refractivity contribution < 1.29 is 18.7 Å². The molecule has 0 fully saturated rings. The smallest absolute Gasteiger partial charge is 0.358 e. The van der Waals surface area contributed by atoms with Crippen molar-refractivity contribution in [1.29, 1.82) is 0 Å². The molecule has 0 spiro atoms. The first-order valence-corrected chi connectivity index (χ1v) is 4.61. The third-order valence-electron chi connectivity index (χ3n) is 2.23. The molecule has 0 aliphatic carbocycles. The van der Waals surface area contributed by atoms with Gasteiger partial charge in [-0.2, -0.15) is 0 Å². The Hall–Kier alpha value is -2.31. The highest BCUT2D eigenvalue weighted by Gasteiger charge is 2.18. The highest BCUT2D eigenvalue weighted by molar-refractivity contribution is 5.86. The number of aromatic carboxylic acids is 1. The second kappa shape index (κ2) is 3.93. The Bertz CT molecular complexity index is 595. The lowest BCUT2D eigenvalue weighted by molar-refractivity contribution is 0.0689. The standard InChI is InChI=1S/C10H7F2N3O2/c1-5-9(10(16)17)13-14-15(5)8-4-6(11)2-3-7(8)12/h2-4H,1H3,(H,16,17). The minimum absolute atomic E-state index is 0.127. The largest absolute Gasteiger partial charge is 0.476 e. The van der Waals surface area contributed by atoms with Crippen LogP contribution in [0.5, 0.6) is 0 Å². The van der Waals surface area contributed by atoms with Crippen LogP contribution in [0.15, 0.2) is 18.2 Å². The summed E-state index contributed by atoms with van der Waals surface area (Å²) in [6, 6.07) is 2.82. The summed E-state index contributed by atoms with van der Waals surface area (Å²) in [6.45, 7) is 1.41. The molecule has 0 atom stereocenters. The molecule has 2 rings (SSSR count). The Morgan fingerprint density at radius 2 is 2.12 bits per heavy atom. The predicted octanol–water partition coefficient (Wildman–Crippen LogP) is 1.55. The van der Waals surface area contributed by atoms with E-state index in [0.29, 0.717) is 0 Å². The quantitative estimate of drug-likeness (QED) is 0.863. The van der Waals surface area contributed by atoms with Crippen molar-refractivity contribution in [3.05, 3.63) is 41.2 Å². The first kappa shape index (κ1) is 11.2. The SMILES string of the molecule is Cc1c(C(=O)O)nnn1-c1cc(F)ccc1F. The van der Waals surface area contributed by atoms with Gasteiger partial charge in [0.25, 0.3) is 0 Å². The molecule has 2 aromatic rings. The Morgan fingerprint density at radius 3 is 2.71 bits per heavy atom. The molecule has 0 saturated heterocycles. The highest BCUT2D eigenvalue weighted by Crippen LogP contribution is 2.17. The van der Waals surface area contributed by atoms with Crippen molar-refractivity contribution in [2.45, 2.75) is 6.92 Å². The number of carbonyl (C=O) groups is 1. The normalized spacial score (nSPS) is 10.5. The van der Waals surface area contributed by atoms with Crippen LogP contribution < -0.4 is 0 Å². The molecule has 1 heterocycles. The topological polar surface area (TPSA) is 68.0 Å². The molecule has 1 aromatic carbocycles. The van der Waals surface area contributed by atoms with E-state index in [1.165, 1.54) is 6.92 Å².